The zero-order chi connectivity index (χ0) is 19.6. The molecule has 1 aromatic heterocycles. The second-order valence-corrected chi connectivity index (χ2v) is 5.83. The van der Waals surface area contributed by atoms with Crippen molar-refractivity contribution < 1.29 is 23.4 Å². The minimum absolute atomic E-state index is 0.187. The number of carbonyl (C=O) groups excluding carboxylic acids is 1. The fraction of sp³-hybridized carbons (Fsp3) is 0.238. The van der Waals surface area contributed by atoms with Crippen LogP contribution in [0, 0.1) is 6.92 Å². The molecule has 0 N–H and O–H groups in total. The van der Waals surface area contributed by atoms with E-state index in [0.717, 1.165) is 0 Å². The maximum absolute atomic E-state index is 12.9. The third kappa shape index (κ3) is 3.14. The van der Waals surface area contributed by atoms with Gasteiger partial charge >= 0.3 is 5.97 Å². The van der Waals surface area contributed by atoms with Crippen molar-refractivity contribution >= 4 is 16.9 Å². The van der Waals surface area contributed by atoms with E-state index in [4.69, 9.17) is 18.6 Å². The van der Waals surface area contributed by atoms with E-state index in [9.17, 15) is 9.59 Å². The molecular weight excluding hydrogens is 348 g/mol. The van der Waals surface area contributed by atoms with Gasteiger partial charge in [0.25, 0.3) is 0 Å². The summed E-state index contributed by atoms with van der Waals surface area (Å²) < 4.78 is 21.9. The van der Waals surface area contributed by atoms with Crippen molar-refractivity contribution in [3.05, 3.63) is 57.7 Å². The zero-order valence-corrected chi connectivity index (χ0v) is 15.6. The minimum Gasteiger partial charge on any atom is -0.493 e. The van der Waals surface area contributed by atoms with Crippen molar-refractivity contribution in [3.63, 3.8) is 0 Å². The first-order chi connectivity index (χ1) is 13.0. The molecule has 0 saturated carbocycles. The Morgan fingerprint density at radius 3 is 2.48 bits per heavy atom. The van der Waals surface area contributed by atoms with Crippen LogP contribution in [0.4, 0.5) is 0 Å². The lowest BCUT2D eigenvalue weighted by Gasteiger charge is -2.14. The van der Waals surface area contributed by atoms with Gasteiger partial charge in [-0.25, -0.2) is 4.79 Å². The second-order valence-electron chi connectivity index (χ2n) is 5.83. The van der Waals surface area contributed by atoms with Gasteiger partial charge in [0.05, 0.1) is 31.8 Å². The highest BCUT2D eigenvalue weighted by Crippen LogP contribution is 2.39. The summed E-state index contributed by atoms with van der Waals surface area (Å²) in [7, 11) is 3.05. The van der Waals surface area contributed by atoms with Crippen LogP contribution in [0.25, 0.3) is 22.3 Å². The topological polar surface area (TPSA) is 75.0 Å². The van der Waals surface area contributed by atoms with Gasteiger partial charge in [0.2, 0.25) is 0 Å². The van der Waals surface area contributed by atoms with Gasteiger partial charge in [-0.15, -0.1) is 0 Å². The summed E-state index contributed by atoms with van der Waals surface area (Å²) in [6.45, 7) is 3.62. The Hall–Kier alpha value is -3.28. The van der Waals surface area contributed by atoms with E-state index >= 15 is 0 Å². The third-order valence-corrected chi connectivity index (χ3v) is 4.29. The molecule has 6 heteroatoms. The number of esters is 1. The summed E-state index contributed by atoms with van der Waals surface area (Å²) in [4.78, 5) is 25.2. The standard InChI is InChI=1S/C21H20O6/c1-5-26-21(23)15-10-6-8-13-17(22)12(2)18(27-19(13)15)14-9-7-11-16(24-3)20(14)25-4/h6-11H,5H2,1-4H3. The largest absolute Gasteiger partial charge is 0.493 e. The molecule has 0 saturated heterocycles. The quantitative estimate of drug-likeness (QED) is 0.635. The molecule has 0 aliphatic rings. The molecule has 0 atom stereocenters. The van der Waals surface area contributed by atoms with Crippen LogP contribution < -0.4 is 14.9 Å². The molecule has 140 valence electrons. The summed E-state index contributed by atoms with van der Waals surface area (Å²) >= 11 is 0. The predicted molar refractivity (Wildman–Crippen MR) is 102 cm³/mol. The van der Waals surface area contributed by atoms with Crippen molar-refractivity contribution in [2.75, 3.05) is 20.8 Å². The van der Waals surface area contributed by atoms with Gasteiger partial charge in [-0.2, -0.15) is 0 Å². The molecule has 3 aromatic rings. The van der Waals surface area contributed by atoms with Crippen molar-refractivity contribution in [2.45, 2.75) is 13.8 Å². The van der Waals surface area contributed by atoms with Crippen molar-refractivity contribution in [3.8, 4) is 22.8 Å². The number of hydrogen-bond acceptors (Lipinski definition) is 6. The molecule has 0 bridgehead atoms. The molecule has 0 amide bonds. The number of fused-ring (bicyclic) bond motifs is 1. The fourth-order valence-electron chi connectivity index (χ4n) is 3.00. The number of benzene rings is 2. The van der Waals surface area contributed by atoms with Gasteiger partial charge in [-0.05, 0) is 38.1 Å². The normalized spacial score (nSPS) is 10.7. The van der Waals surface area contributed by atoms with Crippen LogP contribution in [0.3, 0.4) is 0 Å². The van der Waals surface area contributed by atoms with Crippen LogP contribution >= 0.6 is 0 Å². The smallest absolute Gasteiger partial charge is 0.341 e. The van der Waals surface area contributed by atoms with E-state index in [-0.39, 0.29) is 23.2 Å². The SMILES string of the molecule is CCOC(=O)c1cccc2c(=O)c(C)c(-c3cccc(OC)c3OC)oc12. The third-order valence-electron chi connectivity index (χ3n) is 4.29. The zero-order valence-electron chi connectivity index (χ0n) is 15.6. The van der Waals surface area contributed by atoms with Gasteiger partial charge < -0.3 is 18.6 Å². The molecular formula is C21H20O6. The molecule has 1 heterocycles. The molecule has 0 aliphatic carbocycles. The predicted octanol–water partition coefficient (Wildman–Crippen LogP) is 3.96. The molecule has 0 fully saturated rings. The molecule has 0 spiro atoms. The van der Waals surface area contributed by atoms with Crippen LogP contribution in [-0.2, 0) is 4.74 Å². The second kappa shape index (κ2) is 7.53. The van der Waals surface area contributed by atoms with Crippen LogP contribution in [0.1, 0.15) is 22.8 Å². The lowest BCUT2D eigenvalue weighted by molar-refractivity contribution is 0.0527. The maximum atomic E-state index is 12.9. The molecule has 6 nitrogen and oxygen atoms in total. The maximum Gasteiger partial charge on any atom is 0.341 e. The average molecular weight is 368 g/mol. The highest BCUT2D eigenvalue weighted by atomic mass is 16.5. The number of rotatable bonds is 5. The lowest BCUT2D eigenvalue weighted by atomic mass is 10.0. The first-order valence-electron chi connectivity index (χ1n) is 8.48. The van der Waals surface area contributed by atoms with Gasteiger partial charge in [0.15, 0.2) is 22.5 Å². The van der Waals surface area contributed by atoms with Crippen LogP contribution in [-0.4, -0.2) is 26.8 Å². The summed E-state index contributed by atoms with van der Waals surface area (Å²) in [6.07, 6.45) is 0. The van der Waals surface area contributed by atoms with Gasteiger partial charge in [-0.3, -0.25) is 4.79 Å². The summed E-state index contributed by atoms with van der Waals surface area (Å²) in [5.41, 5.74) is 1.14. The highest BCUT2D eigenvalue weighted by molar-refractivity contribution is 6.02. The number of carbonyl (C=O) groups is 1. The molecule has 0 radical (unpaired) electrons. The molecule has 0 unspecified atom stereocenters. The first-order valence-corrected chi connectivity index (χ1v) is 8.48. The molecule has 2 aromatic carbocycles. The first kappa shape index (κ1) is 18.5. The van der Waals surface area contributed by atoms with E-state index in [1.54, 1.807) is 50.2 Å². The number of ether oxygens (including phenoxy) is 3. The Bertz CT molecular complexity index is 1060. The van der Waals surface area contributed by atoms with Crippen molar-refractivity contribution in [1.82, 2.24) is 0 Å². The number of hydrogen-bond donors (Lipinski definition) is 0. The Labute approximate surface area is 156 Å². The summed E-state index contributed by atoms with van der Waals surface area (Å²) in [6, 6.07) is 10.1. The summed E-state index contributed by atoms with van der Waals surface area (Å²) in [5.74, 6) is 0.730. The van der Waals surface area contributed by atoms with E-state index in [0.29, 0.717) is 33.8 Å². The van der Waals surface area contributed by atoms with E-state index < -0.39 is 5.97 Å². The number of methoxy groups -OCH3 is 2. The monoisotopic (exact) mass is 368 g/mol. The Kier molecular flexibility index (Phi) is 5.16. The number of para-hydroxylation sites is 2. The van der Waals surface area contributed by atoms with E-state index in [2.05, 4.69) is 0 Å². The van der Waals surface area contributed by atoms with Crippen LogP contribution in [0.2, 0.25) is 0 Å². The van der Waals surface area contributed by atoms with Gasteiger partial charge in [-0.1, -0.05) is 12.1 Å². The Morgan fingerprint density at radius 2 is 1.81 bits per heavy atom. The molecule has 3 rings (SSSR count). The Morgan fingerprint density at radius 1 is 1.07 bits per heavy atom. The molecule has 0 aliphatic heterocycles. The van der Waals surface area contributed by atoms with Gasteiger partial charge in [0, 0.05) is 5.56 Å². The Balaban J connectivity index is 2.36. The van der Waals surface area contributed by atoms with Crippen LogP contribution in [0.15, 0.2) is 45.6 Å². The average Bonchev–Trinajstić information content (AvgIpc) is 2.69. The van der Waals surface area contributed by atoms with Crippen molar-refractivity contribution in [2.24, 2.45) is 0 Å². The highest BCUT2D eigenvalue weighted by Gasteiger charge is 2.22. The lowest BCUT2D eigenvalue weighted by Crippen LogP contribution is -2.11. The summed E-state index contributed by atoms with van der Waals surface area (Å²) in [5, 5.41) is 0.323. The van der Waals surface area contributed by atoms with E-state index in [1.165, 1.54) is 14.2 Å². The van der Waals surface area contributed by atoms with E-state index in [1.807, 2.05) is 0 Å². The minimum atomic E-state index is -0.543. The van der Waals surface area contributed by atoms with Gasteiger partial charge in [0.1, 0.15) is 11.3 Å². The van der Waals surface area contributed by atoms with Crippen molar-refractivity contribution in [1.29, 1.82) is 0 Å². The molecule has 27 heavy (non-hydrogen) atoms. The van der Waals surface area contributed by atoms with Crippen LogP contribution in [0.5, 0.6) is 11.5 Å². The fourth-order valence-corrected chi connectivity index (χ4v) is 3.00.